The Hall–Kier alpha value is -2.13. The molecule has 1 aromatic rings. The van der Waals surface area contributed by atoms with Crippen molar-refractivity contribution >= 4 is 21.9 Å². The lowest BCUT2D eigenvalue weighted by Crippen LogP contribution is -2.47. The zero-order valence-electron chi connectivity index (χ0n) is 14.4. The van der Waals surface area contributed by atoms with Crippen molar-refractivity contribution in [1.29, 1.82) is 0 Å². The zero-order chi connectivity index (χ0) is 18.8. The van der Waals surface area contributed by atoms with Crippen LogP contribution in [0.25, 0.3) is 0 Å². The molecule has 9 heteroatoms. The van der Waals surface area contributed by atoms with Crippen LogP contribution in [0.15, 0.2) is 23.1 Å². The van der Waals surface area contributed by atoms with E-state index in [1.54, 1.807) is 14.1 Å². The Morgan fingerprint density at radius 1 is 1.28 bits per heavy atom. The first kappa shape index (κ1) is 19.2. The van der Waals surface area contributed by atoms with E-state index in [0.29, 0.717) is 12.8 Å². The molecule has 2 rings (SSSR count). The summed E-state index contributed by atoms with van der Waals surface area (Å²) in [5.41, 5.74) is 0.109. The molecule has 1 saturated heterocycles. The van der Waals surface area contributed by atoms with Crippen LogP contribution in [0.5, 0.6) is 5.75 Å². The number of carbonyl (C=O) groups is 2. The van der Waals surface area contributed by atoms with Crippen molar-refractivity contribution in [1.82, 2.24) is 9.21 Å². The van der Waals surface area contributed by atoms with Gasteiger partial charge in [0.2, 0.25) is 10.0 Å². The average molecular weight is 370 g/mol. The van der Waals surface area contributed by atoms with Crippen LogP contribution in [0.1, 0.15) is 29.6 Å². The van der Waals surface area contributed by atoms with Crippen LogP contribution in [-0.4, -0.2) is 68.4 Å². The van der Waals surface area contributed by atoms with Gasteiger partial charge in [0.25, 0.3) is 5.91 Å². The van der Waals surface area contributed by atoms with E-state index in [-0.39, 0.29) is 29.2 Å². The van der Waals surface area contributed by atoms with Crippen LogP contribution in [-0.2, 0) is 14.8 Å². The van der Waals surface area contributed by atoms with E-state index < -0.39 is 27.9 Å². The molecule has 1 atom stereocenters. The monoisotopic (exact) mass is 370 g/mol. The predicted octanol–water partition coefficient (Wildman–Crippen LogP) is 1.02. The number of carboxylic acids is 1. The summed E-state index contributed by atoms with van der Waals surface area (Å²) in [7, 11) is 0.452. The number of benzene rings is 1. The fourth-order valence-corrected chi connectivity index (χ4v) is 4.51. The lowest BCUT2D eigenvalue weighted by Gasteiger charge is -2.32. The summed E-state index contributed by atoms with van der Waals surface area (Å²) in [6.45, 7) is 0.141. The molecule has 0 spiro atoms. The van der Waals surface area contributed by atoms with Gasteiger partial charge < -0.3 is 14.7 Å². The Morgan fingerprint density at radius 2 is 1.96 bits per heavy atom. The SMILES string of the molecule is COc1ccc(S(=O)(=O)N2CCCCC2C(=O)O)cc1C(=O)N(C)C. The molecule has 8 nitrogen and oxygen atoms in total. The molecule has 25 heavy (non-hydrogen) atoms. The van der Waals surface area contributed by atoms with Crippen LogP contribution in [0.4, 0.5) is 0 Å². The summed E-state index contributed by atoms with van der Waals surface area (Å²) in [5.74, 6) is -1.31. The predicted molar refractivity (Wildman–Crippen MR) is 90.2 cm³/mol. The summed E-state index contributed by atoms with van der Waals surface area (Å²) in [6.07, 6.45) is 1.53. The van der Waals surface area contributed by atoms with Gasteiger partial charge in [-0.15, -0.1) is 0 Å². The molecule has 1 amide bonds. The second-order valence-electron chi connectivity index (χ2n) is 6.03. The molecule has 0 bridgehead atoms. The standard InChI is InChI=1S/C16H22N2O6S/c1-17(2)15(19)12-10-11(7-8-14(12)24-3)25(22,23)18-9-5-4-6-13(18)16(20)21/h7-8,10,13H,4-6,9H2,1-3H3,(H,20,21). The van der Waals surface area contributed by atoms with Crippen LogP contribution >= 0.6 is 0 Å². The molecule has 0 radical (unpaired) electrons. The maximum atomic E-state index is 12.9. The molecule has 1 aliphatic heterocycles. The van der Waals surface area contributed by atoms with E-state index in [1.165, 1.54) is 30.2 Å². The molecular formula is C16H22N2O6S. The van der Waals surface area contributed by atoms with Gasteiger partial charge in [0.15, 0.2) is 0 Å². The van der Waals surface area contributed by atoms with Gasteiger partial charge in [-0.3, -0.25) is 9.59 Å². The molecule has 1 fully saturated rings. The van der Waals surface area contributed by atoms with Gasteiger partial charge in [-0.25, -0.2) is 8.42 Å². The molecule has 1 N–H and O–H groups in total. The van der Waals surface area contributed by atoms with E-state index in [1.807, 2.05) is 0 Å². The number of carboxylic acid groups (broad SMARTS) is 1. The van der Waals surface area contributed by atoms with Crippen molar-refractivity contribution in [3.05, 3.63) is 23.8 Å². The van der Waals surface area contributed by atoms with Gasteiger partial charge in [-0.2, -0.15) is 4.31 Å². The molecular weight excluding hydrogens is 348 g/mol. The first-order valence-electron chi connectivity index (χ1n) is 7.84. The summed E-state index contributed by atoms with van der Waals surface area (Å²) < 4.78 is 32.0. The third-order valence-electron chi connectivity index (χ3n) is 4.15. The van der Waals surface area contributed by atoms with Crippen molar-refractivity contribution in [3.63, 3.8) is 0 Å². The summed E-state index contributed by atoms with van der Waals surface area (Å²) in [4.78, 5) is 24.9. The van der Waals surface area contributed by atoms with Crippen molar-refractivity contribution in [2.75, 3.05) is 27.7 Å². The van der Waals surface area contributed by atoms with E-state index in [4.69, 9.17) is 4.74 Å². The largest absolute Gasteiger partial charge is 0.496 e. The van der Waals surface area contributed by atoms with Gasteiger partial charge >= 0.3 is 5.97 Å². The van der Waals surface area contributed by atoms with Crippen molar-refractivity contribution in [3.8, 4) is 5.75 Å². The van der Waals surface area contributed by atoms with Crippen molar-refractivity contribution < 1.29 is 27.9 Å². The number of aliphatic carboxylic acids is 1. The minimum atomic E-state index is -4.04. The van der Waals surface area contributed by atoms with Gasteiger partial charge in [0.1, 0.15) is 11.8 Å². The number of hydrogen-bond donors (Lipinski definition) is 1. The smallest absolute Gasteiger partial charge is 0.322 e. The number of amides is 1. The Labute approximate surface area is 147 Å². The highest BCUT2D eigenvalue weighted by molar-refractivity contribution is 7.89. The number of nitrogens with zero attached hydrogens (tertiary/aromatic N) is 2. The van der Waals surface area contributed by atoms with Crippen LogP contribution in [0.3, 0.4) is 0 Å². The van der Waals surface area contributed by atoms with Gasteiger partial charge in [-0.05, 0) is 37.5 Å². The number of ether oxygens (including phenoxy) is 1. The highest BCUT2D eigenvalue weighted by Gasteiger charge is 2.38. The maximum Gasteiger partial charge on any atom is 0.322 e. The first-order valence-corrected chi connectivity index (χ1v) is 9.28. The Bertz CT molecular complexity index is 775. The molecule has 1 aliphatic rings. The van der Waals surface area contributed by atoms with E-state index in [2.05, 4.69) is 0 Å². The molecule has 1 unspecified atom stereocenters. The highest BCUT2D eigenvalue weighted by Crippen LogP contribution is 2.29. The third kappa shape index (κ3) is 3.77. The number of sulfonamides is 1. The van der Waals surface area contributed by atoms with E-state index in [0.717, 1.165) is 4.31 Å². The second kappa shape index (κ2) is 7.40. The number of carbonyl (C=O) groups excluding carboxylic acids is 1. The van der Waals surface area contributed by atoms with Crippen LogP contribution in [0.2, 0.25) is 0 Å². The van der Waals surface area contributed by atoms with Crippen LogP contribution < -0.4 is 4.74 Å². The fraction of sp³-hybridized carbons (Fsp3) is 0.500. The van der Waals surface area contributed by atoms with E-state index in [9.17, 15) is 23.1 Å². The first-order chi connectivity index (χ1) is 11.7. The topological polar surface area (TPSA) is 104 Å². The minimum Gasteiger partial charge on any atom is -0.496 e. The summed E-state index contributed by atoms with van der Waals surface area (Å²) in [5, 5.41) is 9.33. The lowest BCUT2D eigenvalue weighted by atomic mass is 10.1. The van der Waals surface area contributed by atoms with Gasteiger partial charge in [-0.1, -0.05) is 0 Å². The number of methoxy groups -OCH3 is 1. The molecule has 1 aromatic carbocycles. The van der Waals surface area contributed by atoms with Crippen molar-refractivity contribution in [2.24, 2.45) is 0 Å². The number of piperidine rings is 1. The molecule has 0 aliphatic carbocycles. The maximum absolute atomic E-state index is 12.9. The Balaban J connectivity index is 2.50. The number of rotatable bonds is 5. The Kier molecular flexibility index (Phi) is 5.69. The van der Waals surface area contributed by atoms with E-state index >= 15 is 0 Å². The zero-order valence-corrected chi connectivity index (χ0v) is 15.2. The molecule has 1 heterocycles. The van der Waals surface area contributed by atoms with Gasteiger partial charge in [0.05, 0.1) is 17.6 Å². The molecule has 0 aromatic heterocycles. The summed E-state index contributed by atoms with van der Waals surface area (Å²) >= 11 is 0. The van der Waals surface area contributed by atoms with Gasteiger partial charge in [0, 0.05) is 20.6 Å². The Morgan fingerprint density at radius 3 is 2.52 bits per heavy atom. The quantitative estimate of drug-likeness (QED) is 0.830. The molecule has 0 saturated carbocycles. The van der Waals surface area contributed by atoms with Crippen LogP contribution in [0, 0.1) is 0 Å². The fourth-order valence-electron chi connectivity index (χ4n) is 2.83. The molecule has 138 valence electrons. The third-order valence-corrected chi connectivity index (χ3v) is 6.06. The highest BCUT2D eigenvalue weighted by atomic mass is 32.2. The minimum absolute atomic E-state index is 0.109. The van der Waals surface area contributed by atoms with Crippen molar-refractivity contribution in [2.45, 2.75) is 30.2 Å². The average Bonchev–Trinajstić information content (AvgIpc) is 2.60. The summed E-state index contributed by atoms with van der Waals surface area (Å²) in [6, 6.07) is 2.88. The second-order valence-corrected chi connectivity index (χ2v) is 7.92. The normalized spacial score (nSPS) is 18.6. The number of hydrogen-bond acceptors (Lipinski definition) is 5. The lowest BCUT2D eigenvalue weighted by molar-refractivity contribution is -0.142.